The highest BCUT2D eigenvalue weighted by molar-refractivity contribution is 4.93. The molecular weight excluding hydrogens is 202 g/mol. The van der Waals surface area contributed by atoms with E-state index in [1.807, 2.05) is 13.8 Å². The molecular formula is C13H23NO2. The van der Waals surface area contributed by atoms with Crippen molar-refractivity contribution < 1.29 is 9.47 Å². The molecule has 0 heterocycles. The maximum Gasteiger partial charge on any atom is 0.0736 e. The van der Waals surface area contributed by atoms with Crippen LogP contribution in [0, 0.1) is 23.2 Å². The van der Waals surface area contributed by atoms with Gasteiger partial charge >= 0.3 is 0 Å². The normalized spacial score (nSPS) is 30.3. The Morgan fingerprint density at radius 2 is 2.06 bits per heavy atom. The Hall–Kier alpha value is -0.590. The van der Waals surface area contributed by atoms with Crippen LogP contribution in [0.2, 0.25) is 0 Å². The van der Waals surface area contributed by atoms with E-state index in [1.54, 1.807) is 0 Å². The van der Waals surface area contributed by atoms with Gasteiger partial charge in [-0.25, -0.2) is 0 Å². The van der Waals surface area contributed by atoms with Gasteiger partial charge in [-0.05, 0) is 39.0 Å². The highest BCUT2D eigenvalue weighted by Gasteiger charge is 2.29. The van der Waals surface area contributed by atoms with Crippen LogP contribution in [-0.4, -0.2) is 25.4 Å². The van der Waals surface area contributed by atoms with Crippen molar-refractivity contribution in [2.75, 3.05) is 13.2 Å². The van der Waals surface area contributed by atoms with Crippen molar-refractivity contribution in [3.05, 3.63) is 0 Å². The van der Waals surface area contributed by atoms with Gasteiger partial charge in [0.15, 0.2) is 0 Å². The monoisotopic (exact) mass is 225 g/mol. The SMILES string of the molecule is CC1CCC(C#N)C(OCCOC(C)C)C1. The van der Waals surface area contributed by atoms with Gasteiger partial charge in [0.1, 0.15) is 0 Å². The number of nitriles is 1. The molecule has 3 atom stereocenters. The molecule has 0 aromatic heterocycles. The van der Waals surface area contributed by atoms with Crippen molar-refractivity contribution in [2.45, 2.75) is 52.2 Å². The van der Waals surface area contributed by atoms with E-state index in [0.29, 0.717) is 19.1 Å². The van der Waals surface area contributed by atoms with Crippen molar-refractivity contribution in [2.24, 2.45) is 11.8 Å². The molecule has 0 saturated heterocycles. The summed E-state index contributed by atoms with van der Waals surface area (Å²) < 4.78 is 11.2. The lowest BCUT2D eigenvalue weighted by atomic mass is 9.81. The van der Waals surface area contributed by atoms with Gasteiger partial charge in [-0.3, -0.25) is 0 Å². The fraction of sp³-hybridized carbons (Fsp3) is 0.923. The molecule has 0 aromatic carbocycles. The third-order valence-corrected chi connectivity index (χ3v) is 3.09. The highest BCUT2D eigenvalue weighted by atomic mass is 16.5. The van der Waals surface area contributed by atoms with Crippen LogP contribution >= 0.6 is 0 Å². The lowest BCUT2D eigenvalue weighted by Gasteiger charge is -2.30. The Morgan fingerprint density at radius 1 is 1.31 bits per heavy atom. The lowest BCUT2D eigenvalue weighted by molar-refractivity contribution is -0.0442. The average Bonchev–Trinajstić information content (AvgIpc) is 2.24. The Kier molecular flexibility index (Phi) is 5.79. The van der Waals surface area contributed by atoms with Crippen LogP contribution in [0.3, 0.4) is 0 Å². The van der Waals surface area contributed by atoms with Crippen molar-refractivity contribution in [1.82, 2.24) is 0 Å². The van der Waals surface area contributed by atoms with Gasteiger partial charge in [-0.15, -0.1) is 0 Å². The molecule has 3 nitrogen and oxygen atoms in total. The first-order chi connectivity index (χ1) is 7.63. The van der Waals surface area contributed by atoms with E-state index in [4.69, 9.17) is 14.7 Å². The molecule has 0 radical (unpaired) electrons. The van der Waals surface area contributed by atoms with Crippen LogP contribution < -0.4 is 0 Å². The van der Waals surface area contributed by atoms with Crippen molar-refractivity contribution in [3.8, 4) is 6.07 Å². The molecule has 1 rings (SSSR count). The topological polar surface area (TPSA) is 42.2 Å². The second-order valence-corrected chi connectivity index (χ2v) is 4.98. The van der Waals surface area contributed by atoms with Gasteiger partial charge in [0.05, 0.1) is 37.4 Å². The van der Waals surface area contributed by atoms with Gasteiger partial charge in [-0.2, -0.15) is 5.26 Å². The molecule has 92 valence electrons. The summed E-state index contributed by atoms with van der Waals surface area (Å²) in [4.78, 5) is 0. The van der Waals surface area contributed by atoms with E-state index in [9.17, 15) is 0 Å². The average molecular weight is 225 g/mol. The molecule has 3 heteroatoms. The number of rotatable bonds is 5. The number of hydrogen-bond donors (Lipinski definition) is 0. The van der Waals surface area contributed by atoms with E-state index in [2.05, 4.69) is 13.0 Å². The summed E-state index contributed by atoms with van der Waals surface area (Å²) in [5, 5.41) is 9.03. The number of ether oxygens (including phenoxy) is 2. The van der Waals surface area contributed by atoms with E-state index in [1.165, 1.54) is 0 Å². The van der Waals surface area contributed by atoms with E-state index in [-0.39, 0.29) is 18.1 Å². The Labute approximate surface area is 98.7 Å². The molecule has 0 N–H and O–H groups in total. The first-order valence-corrected chi connectivity index (χ1v) is 6.26. The molecule has 1 aliphatic rings. The second kappa shape index (κ2) is 6.88. The third-order valence-electron chi connectivity index (χ3n) is 3.09. The Morgan fingerprint density at radius 3 is 2.69 bits per heavy atom. The summed E-state index contributed by atoms with van der Waals surface area (Å²) in [5.41, 5.74) is 0. The van der Waals surface area contributed by atoms with Crippen LogP contribution in [0.4, 0.5) is 0 Å². The summed E-state index contributed by atoms with van der Waals surface area (Å²) in [5.74, 6) is 0.760. The molecule has 0 spiro atoms. The number of hydrogen-bond acceptors (Lipinski definition) is 3. The zero-order valence-corrected chi connectivity index (χ0v) is 10.6. The van der Waals surface area contributed by atoms with Crippen molar-refractivity contribution in [3.63, 3.8) is 0 Å². The van der Waals surface area contributed by atoms with Crippen molar-refractivity contribution >= 4 is 0 Å². The minimum Gasteiger partial charge on any atom is -0.376 e. The molecule has 0 bridgehead atoms. The lowest BCUT2D eigenvalue weighted by Crippen LogP contribution is -2.31. The molecule has 1 saturated carbocycles. The van der Waals surface area contributed by atoms with Gasteiger partial charge in [-0.1, -0.05) is 6.92 Å². The maximum absolute atomic E-state index is 9.03. The van der Waals surface area contributed by atoms with Gasteiger partial charge in [0, 0.05) is 0 Å². The predicted molar refractivity (Wildman–Crippen MR) is 62.9 cm³/mol. The minimum atomic E-state index is 0.0789. The fourth-order valence-electron chi connectivity index (χ4n) is 2.14. The smallest absolute Gasteiger partial charge is 0.0736 e. The van der Waals surface area contributed by atoms with E-state index < -0.39 is 0 Å². The molecule has 3 unspecified atom stereocenters. The molecule has 1 fully saturated rings. The third kappa shape index (κ3) is 4.51. The Bertz CT molecular complexity index is 235. The minimum absolute atomic E-state index is 0.0789. The van der Waals surface area contributed by atoms with Crippen LogP contribution in [0.5, 0.6) is 0 Å². The summed E-state index contributed by atoms with van der Waals surface area (Å²) in [6.07, 6.45) is 3.51. The quantitative estimate of drug-likeness (QED) is 0.676. The Balaban J connectivity index is 2.24. The molecule has 1 aliphatic carbocycles. The van der Waals surface area contributed by atoms with Crippen LogP contribution in [0.1, 0.15) is 40.0 Å². The first kappa shape index (κ1) is 13.5. The molecule has 16 heavy (non-hydrogen) atoms. The standard InChI is InChI=1S/C13H23NO2/c1-10(2)15-6-7-16-13-8-11(3)4-5-12(13)9-14/h10-13H,4-8H2,1-3H3. The molecule has 0 aromatic rings. The molecule has 0 aliphatic heterocycles. The predicted octanol–water partition coefficient (Wildman–Crippen LogP) is 2.76. The highest BCUT2D eigenvalue weighted by Crippen LogP contribution is 2.30. The van der Waals surface area contributed by atoms with Gasteiger partial charge < -0.3 is 9.47 Å². The van der Waals surface area contributed by atoms with Crippen LogP contribution in [0.25, 0.3) is 0 Å². The van der Waals surface area contributed by atoms with E-state index >= 15 is 0 Å². The second-order valence-electron chi connectivity index (χ2n) is 4.98. The van der Waals surface area contributed by atoms with Gasteiger partial charge in [0.25, 0.3) is 0 Å². The largest absolute Gasteiger partial charge is 0.376 e. The first-order valence-electron chi connectivity index (χ1n) is 6.26. The van der Waals surface area contributed by atoms with Crippen molar-refractivity contribution in [1.29, 1.82) is 5.26 Å². The summed E-state index contributed by atoms with van der Waals surface area (Å²) in [7, 11) is 0. The van der Waals surface area contributed by atoms with E-state index in [0.717, 1.165) is 19.3 Å². The maximum atomic E-state index is 9.03. The van der Waals surface area contributed by atoms with Crippen LogP contribution in [-0.2, 0) is 9.47 Å². The zero-order chi connectivity index (χ0) is 12.0. The zero-order valence-electron chi connectivity index (χ0n) is 10.6. The summed E-state index contributed by atoms with van der Waals surface area (Å²) in [6.45, 7) is 7.49. The van der Waals surface area contributed by atoms with Gasteiger partial charge in [0.2, 0.25) is 0 Å². The molecule has 0 amide bonds. The summed E-state index contributed by atoms with van der Waals surface area (Å²) in [6, 6.07) is 2.36. The number of nitrogens with zero attached hydrogens (tertiary/aromatic N) is 1. The van der Waals surface area contributed by atoms with Crippen LogP contribution in [0.15, 0.2) is 0 Å². The fourth-order valence-corrected chi connectivity index (χ4v) is 2.14. The summed E-state index contributed by atoms with van der Waals surface area (Å²) >= 11 is 0.